The third-order valence-corrected chi connectivity index (χ3v) is 4.38. The summed E-state index contributed by atoms with van der Waals surface area (Å²) in [7, 11) is 0. The van der Waals surface area contributed by atoms with Gasteiger partial charge in [0.05, 0.1) is 17.9 Å². The van der Waals surface area contributed by atoms with E-state index in [0.717, 1.165) is 25.7 Å². The van der Waals surface area contributed by atoms with Gasteiger partial charge in [-0.1, -0.05) is 13.3 Å². The highest BCUT2D eigenvalue weighted by Crippen LogP contribution is 2.42. The van der Waals surface area contributed by atoms with Crippen LogP contribution in [0.25, 0.3) is 0 Å². The maximum absolute atomic E-state index is 12.7. The van der Waals surface area contributed by atoms with E-state index in [9.17, 15) is 10.1 Å². The molecular formula is C19H26N2O3. The minimum Gasteiger partial charge on any atom is -0.494 e. The van der Waals surface area contributed by atoms with Crippen LogP contribution in [0.5, 0.6) is 5.75 Å². The summed E-state index contributed by atoms with van der Waals surface area (Å²) >= 11 is 0. The number of anilines is 1. The molecule has 1 aliphatic carbocycles. The van der Waals surface area contributed by atoms with E-state index in [4.69, 9.17) is 9.47 Å². The van der Waals surface area contributed by atoms with Gasteiger partial charge in [0.1, 0.15) is 17.4 Å². The second kappa shape index (κ2) is 8.16. The molecule has 1 aromatic carbocycles. The van der Waals surface area contributed by atoms with E-state index in [0.29, 0.717) is 30.2 Å². The van der Waals surface area contributed by atoms with E-state index in [-0.39, 0.29) is 11.8 Å². The van der Waals surface area contributed by atoms with Crippen molar-refractivity contribution in [3.63, 3.8) is 0 Å². The van der Waals surface area contributed by atoms with Crippen molar-refractivity contribution in [2.45, 2.75) is 52.1 Å². The molecule has 0 spiro atoms. The number of carbonyl (C=O) groups is 1. The second-order valence-corrected chi connectivity index (χ2v) is 6.29. The molecule has 24 heavy (non-hydrogen) atoms. The first-order valence-corrected chi connectivity index (χ1v) is 8.67. The molecule has 2 rings (SSSR count). The molecule has 5 heteroatoms. The Bertz CT molecular complexity index is 620. The SMILES string of the molecule is CCCCOc1ccc(NC(=O)[C@](C)(OCC)C2CC2)c(C#N)c1. The number of ether oxygens (including phenoxy) is 2. The molecule has 0 heterocycles. The highest BCUT2D eigenvalue weighted by Gasteiger charge is 2.48. The Morgan fingerprint density at radius 2 is 2.17 bits per heavy atom. The number of hydrogen-bond donors (Lipinski definition) is 1. The molecule has 0 radical (unpaired) electrons. The van der Waals surface area contributed by atoms with Crippen LogP contribution in [0, 0.1) is 17.2 Å². The number of benzene rings is 1. The van der Waals surface area contributed by atoms with Crippen LogP contribution in [0.4, 0.5) is 5.69 Å². The number of nitriles is 1. The van der Waals surface area contributed by atoms with Crippen molar-refractivity contribution in [2.24, 2.45) is 5.92 Å². The van der Waals surface area contributed by atoms with Crippen LogP contribution < -0.4 is 10.1 Å². The van der Waals surface area contributed by atoms with Gasteiger partial charge < -0.3 is 14.8 Å². The molecule has 1 amide bonds. The van der Waals surface area contributed by atoms with Gasteiger partial charge in [-0.3, -0.25) is 4.79 Å². The maximum Gasteiger partial charge on any atom is 0.256 e. The van der Waals surface area contributed by atoms with Gasteiger partial charge in [0.2, 0.25) is 0 Å². The van der Waals surface area contributed by atoms with Gasteiger partial charge in [-0.25, -0.2) is 0 Å². The fraction of sp³-hybridized carbons (Fsp3) is 0.579. The molecule has 1 aliphatic rings. The van der Waals surface area contributed by atoms with Crippen molar-refractivity contribution in [1.82, 2.24) is 0 Å². The van der Waals surface area contributed by atoms with E-state index in [1.165, 1.54) is 0 Å². The summed E-state index contributed by atoms with van der Waals surface area (Å²) in [4.78, 5) is 12.7. The first kappa shape index (κ1) is 18.3. The van der Waals surface area contributed by atoms with Gasteiger partial charge in [0.15, 0.2) is 0 Å². The molecule has 1 fully saturated rings. The first-order chi connectivity index (χ1) is 11.5. The van der Waals surface area contributed by atoms with Crippen LogP contribution in [-0.4, -0.2) is 24.7 Å². The predicted molar refractivity (Wildman–Crippen MR) is 92.9 cm³/mol. The quantitative estimate of drug-likeness (QED) is 0.697. The molecule has 1 saturated carbocycles. The molecule has 0 unspecified atom stereocenters. The monoisotopic (exact) mass is 330 g/mol. The highest BCUT2D eigenvalue weighted by atomic mass is 16.5. The van der Waals surface area contributed by atoms with Crippen molar-refractivity contribution in [3.8, 4) is 11.8 Å². The minimum atomic E-state index is -0.836. The molecule has 0 aliphatic heterocycles. The number of rotatable bonds is 9. The van der Waals surface area contributed by atoms with Crippen molar-refractivity contribution < 1.29 is 14.3 Å². The van der Waals surface area contributed by atoms with Crippen LogP contribution in [0.3, 0.4) is 0 Å². The van der Waals surface area contributed by atoms with E-state index in [2.05, 4.69) is 18.3 Å². The number of hydrogen-bond acceptors (Lipinski definition) is 4. The Hall–Kier alpha value is -2.06. The van der Waals surface area contributed by atoms with Gasteiger partial charge in [-0.05, 0) is 57.2 Å². The number of nitrogens with one attached hydrogen (secondary N) is 1. The van der Waals surface area contributed by atoms with Crippen molar-refractivity contribution in [3.05, 3.63) is 23.8 Å². The summed E-state index contributed by atoms with van der Waals surface area (Å²) in [5, 5.41) is 12.2. The number of amides is 1. The molecule has 5 nitrogen and oxygen atoms in total. The summed E-state index contributed by atoms with van der Waals surface area (Å²) < 4.78 is 11.3. The van der Waals surface area contributed by atoms with E-state index in [1.54, 1.807) is 18.2 Å². The Kier molecular flexibility index (Phi) is 6.22. The number of nitrogens with zero attached hydrogens (tertiary/aromatic N) is 1. The zero-order valence-electron chi connectivity index (χ0n) is 14.7. The summed E-state index contributed by atoms with van der Waals surface area (Å²) in [6.45, 7) is 6.92. The summed E-state index contributed by atoms with van der Waals surface area (Å²) in [6.07, 6.45) is 4.02. The molecule has 130 valence electrons. The van der Waals surface area contributed by atoms with Crippen molar-refractivity contribution in [1.29, 1.82) is 5.26 Å². The Morgan fingerprint density at radius 1 is 1.42 bits per heavy atom. The Labute approximate surface area is 144 Å². The van der Waals surface area contributed by atoms with Crippen LogP contribution in [0.2, 0.25) is 0 Å². The van der Waals surface area contributed by atoms with Crippen LogP contribution in [0.1, 0.15) is 52.0 Å². The Balaban J connectivity index is 2.11. The van der Waals surface area contributed by atoms with Gasteiger partial charge in [-0.15, -0.1) is 0 Å². The van der Waals surface area contributed by atoms with E-state index >= 15 is 0 Å². The lowest BCUT2D eigenvalue weighted by atomic mass is 9.98. The van der Waals surface area contributed by atoms with Gasteiger partial charge >= 0.3 is 0 Å². The standard InChI is InChI=1S/C19H26N2O3/c1-4-6-11-23-16-9-10-17(14(12-16)13-20)21-18(22)19(3,24-5-2)15-7-8-15/h9-10,12,15H,4-8,11H2,1-3H3,(H,21,22)/t19-/m1/s1. The number of unbranched alkanes of at least 4 members (excludes halogenated alkanes) is 1. The second-order valence-electron chi connectivity index (χ2n) is 6.29. The van der Waals surface area contributed by atoms with Crippen molar-refractivity contribution >= 4 is 11.6 Å². The molecule has 1 N–H and O–H groups in total. The smallest absolute Gasteiger partial charge is 0.256 e. The third-order valence-electron chi connectivity index (χ3n) is 4.38. The lowest BCUT2D eigenvalue weighted by Gasteiger charge is -2.28. The van der Waals surface area contributed by atoms with E-state index < -0.39 is 5.60 Å². The largest absolute Gasteiger partial charge is 0.494 e. The highest BCUT2D eigenvalue weighted by molar-refractivity contribution is 5.98. The molecule has 0 saturated heterocycles. The molecule has 0 bridgehead atoms. The average Bonchev–Trinajstić information content (AvgIpc) is 3.41. The van der Waals surface area contributed by atoms with Crippen LogP contribution >= 0.6 is 0 Å². The molecule has 1 aromatic rings. The fourth-order valence-corrected chi connectivity index (χ4v) is 2.70. The predicted octanol–water partition coefficient (Wildman–Crippen LogP) is 3.88. The normalized spacial score (nSPS) is 16.1. The summed E-state index contributed by atoms with van der Waals surface area (Å²) in [6, 6.07) is 7.29. The lowest BCUT2D eigenvalue weighted by Crippen LogP contribution is -2.45. The molecular weight excluding hydrogens is 304 g/mol. The number of carbonyl (C=O) groups excluding carboxylic acids is 1. The first-order valence-electron chi connectivity index (χ1n) is 8.67. The summed E-state index contributed by atoms with van der Waals surface area (Å²) in [5.74, 6) is 0.704. The van der Waals surface area contributed by atoms with Crippen LogP contribution in [0.15, 0.2) is 18.2 Å². The summed E-state index contributed by atoms with van der Waals surface area (Å²) in [5.41, 5.74) is 0.0570. The van der Waals surface area contributed by atoms with Gasteiger partial charge in [-0.2, -0.15) is 5.26 Å². The van der Waals surface area contributed by atoms with Gasteiger partial charge in [0.25, 0.3) is 5.91 Å². The molecule has 0 aromatic heterocycles. The van der Waals surface area contributed by atoms with Crippen LogP contribution in [-0.2, 0) is 9.53 Å². The van der Waals surface area contributed by atoms with Crippen molar-refractivity contribution in [2.75, 3.05) is 18.5 Å². The van der Waals surface area contributed by atoms with Gasteiger partial charge in [0, 0.05) is 6.61 Å². The fourth-order valence-electron chi connectivity index (χ4n) is 2.70. The zero-order chi connectivity index (χ0) is 17.6. The average molecular weight is 330 g/mol. The topological polar surface area (TPSA) is 71.3 Å². The lowest BCUT2D eigenvalue weighted by molar-refractivity contribution is -0.141. The molecule has 1 atom stereocenters. The zero-order valence-corrected chi connectivity index (χ0v) is 14.7. The van der Waals surface area contributed by atoms with E-state index in [1.807, 2.05) is 13.8 Å². The third kappa shape index (κ3) is 4.27. The maximum atomic E-state index is 12.7. The minimum absolute atomic E-state index is 0.192. The Morgan fingerprint density at radius 3 is 2.75 bits per heavy atom.